The number of hydrogen-bond acceptors (Lipinski definition) is 4. The summed E-state index contributed by atoms with van der Waals surface area (Å²) >= 11 is 0. The summed E-state index contributed by atoms with van der Waals surface area (Å²) in [7, 11) is -3.86. The van der Waals surface area contributed by atoms with Gasteiger partial charge in [-0.3, -0.25) is 0 Å². The van der Waals surface area contributed by atoms with E-state index in [1.807, 2.05) is 18.2 Å². The number of hydrogen-bond donors (Lipinski definition) is 2. The molecule has 2 aromatic rings. The molecule has 6 nitrogen and oxygen atoms in total. The van der Waals surface area contributed by atoms with Crippen LogP contribution in [0, 0.1) is 6.92 Å². The average molecular weight is 309 g/mol. The standard InChI is InChI=1S/C14H15NO5S/c1-9(11-6-4-3-5-7-11)15-21(18,19)13-8-12(14(16)17)20-10(13)2/h3-9,15H,1-2H3,(H,16,17). The summed E-state index contributed by atoms with van der Waals surface area (Å²) in [6.45, 7) is 3.12. The van der Waals surface area contributed by atoms with Crippen molar-refractivity contribution < 1.29 is 22.7 Å². The molecule has 0 radical (unpaired) electrons. The molecule has 0 aliphatic heterocycles. The minimum atomic E-state index is -3.86. The molecule has 0 amide bonds. The molecule has 7 heteroatoms. The third-order valence-corrected chi connectivity index (χ3v) is 4.65. The highest BCUT2D eigenvalue weighted by Crippen LogP contribution is 2.22. The molecule has 0 aliphatic rings. The number of nitrogens with one attached hydrogen (secondary N) is 1. The molecule has 0 bridgehead atoms. The molecule has 0 fully saturated rings. The molecule has 21 heavy (non-hydrogen) atoms. The number of furan rings is 1. The zero-order chi connectivity index (χ0) is 15.6. The highest BCUT2D eigenvalue weighted by atomic mass is 32.2. The zero-order valence-corrected chi connectivity index (χ0v) is 12.3. The smallest absolute Gasteiger partial charge is 0.371 e. The molecule has 2 N–H and O–H groups in total. The van der Waals surface area contributed by atoms with Gasteiger partial charge in [-0.1, -0.05) is 30.3 Å². The van der Waals surface area contributed by atoms with Crippen LogP contribution in [-0.2, 0) is 10.0 Å². The fraction of sp³-hybridized carbons (Fsp3) is 0.214. The summed E-state index contributed by atoms with van der Waals surface area (Å²) < 4.78 is 32.0. The molecule has 1 heterocycles. The van der Waals surface area contributed by atoms with Crippen molar-refractivity contribution in [3.05, 3.63) is 53.5 Å². The predicted octanol–water partition coefficient (Wildman–Crippen LogP) is 2.33. The lowest BCUT2D eigenvalue weighted by molar-refractivity contribution is 0.0661. The van der Waals surface area contributed by atoms with Gasteiger partial charge >= 0.3 is 5.97 Å². The maximum absolute atomic E-state index is 12.3. The van der Waals surface area contributed by atoms with Gasteiger partial charge in [-0.15, -0.1) is 0 Å². The lowest BCUT2D eigenvalue weighted by Gasteiger charge is -2.14. The van der Waals surface area contributed by atoms with Crippen molar-refractivity contribution in [2.45, 2.75) is 24.8 Å². The van der Waals surface area contributed by atoms with Crippen LogP contribution >= 0.6 is 0 Å². The Morgan fingerprint density at radius 3 is 2.43 bits per heavy atom. The number of sulfonamides is 1. The Kier molecular flexibility index (Phi) is 4.15. The van der Waals surface area contributed by atoms with E-state index in [0.717, 1.165) is 11.6 Å². The molecule has 0 saturated carbocycles. The van der Waals surface area contributed by atoms with E-state index in [1.54, 1.807) is 19.1 Å². The Balaban J connectivity index is 2.29. The van der Waals surface area contributed by atoms with Gasteiger partial charge in [0.1, 0.15) is 10.7 Å². The molecular formula is C14H15NO5S. The summed E-state index contributed by atoms with van der Waals surface area (Å²) in [5.41, 5.74) is 0.806. The van der Waals surface area contributed by atoms with E-state index in [9.17, 15) is 13.2 Å². The first-order valence-electron chi connectivity index (χ1n) is 6.22. The van der Waals surface area contributed by atoms with E-state index in [4.69, 9.17) is 9.52 Å². The van der Waals surface area contributed by atoms with Crippen LogP contribution in [-0.4, -0.2) is 19.5 Å². The number of carbonyl (C=O) groups is 1. The summed E-state index contributed by atoms with van der Waals surface area (Å²) in [6.07, 6.45) is 0. The first-order chi connectivity index (χ1) is 9.81. The van der Waals surface area contributed by atoms with Gasteiger partial charge < -0.3 is 9.52 Å². The molecule has 2 rings (SSSR count). The van der Waals surface area contributed by atoms with E-state index in [2.05, 4.69) is 4.72 Å². The van der Waals surface area contributed by atoms with Crippen molar-refractivity contribution in [2.24, 2.45) is 0 Å². The zero-order valence-electron chi connectivity index (χ0n) is 11.5. The molecule has 1 aromatic carbocycles. The SMILES string of the molecule is Cc1oc(C(=O)O)cc1S(=O)(=O)NC(C)c1ccccc1. The second-order valence-corrected chi connectivity index (χ2v) is 6.27. The van der Waals surface area contributed by atoms with Crippen molar-refractivity contribution in [1.82, 2.24) is 4.72 Å². The van der Waals surface area contributed by atoms with E-state index in [1.165, 1.54) is 6.92 Å². The largest absolute Gasteiger partial charge is 0.475 e. The van der Waals surface area contributed by atoms with Gasteiger partial charge in [0.15, 0.2) is 0 Å². The van der Waals surface area contributed by atoms with E-state index >= 15 is 0 Å². The second-order valence-electron chi connectivity index (χ2n) is 4.59. The van der Waals surface area contributed by atoms with Crippen LogP contribution in [0.5, 0.6) is 0 Å². The van der Waals surface area contributed by atoms with Gasteiger partial charge in [0, 0.05) is 12.1 Å². The normalized spacial score (nSPS) is 13.0. The highest BCUT2D eigenvalue weighted by molar-refractivity contribution is 7.89. The fourth-order valence-electron chi connectivity index (χ4n) is 1.94. The van der Waals surface area contributed by atoms with Gasteiger partial charge in [0.25, 0.3) is 0 Å². The number of benzene rings is 1. The first kappa shape index (κ1) is 15.3. The molecule has 112 valence electrons. The Bertz CT molecular complexity index is 749. The lowest BCUT2D eigenvalue weighted by atomic mass is 10.1. The van der Waals surface area contributed by atoms with E-state index in [-0.39, 0.29) is 10.7 Å². The van der Waals surface area contributed by atoms with Crippen LogP contribution < -0.4 is 4.72 Å². The minimum absolute atomic E-state index is 0.0418. The summed E-state index contributed by atoms with van der Waals surface area (Å²) in [4.78, 5) is 10.7. The van der Waals surface area contributed by atoms with E-state index < -0.39 is 27.8 Å². The monoisotopic (exact) mass is 309 g/mol. The van der Waals surface area contributed by atoms with E-state index in [0.29, 0.717) is 0 Å². The van der Waals surface area contributed by atoms with Crippen LogP contribution in [0.4, 0.5) is 0 Å². The quantitative estimate of drug-likeness (QED) is 0.883. The Morgan fingerprint density at radius 2 is 1.90 bits per heavy atom. The van der Waals surface area contributed by atoms with Crippen LogP contribution in [0.1, 0.15) is 34.8 Å². The van der Waals surface area contributed by atoms with Crippen LogP contribution in [0.3, 0.4) is 0 Å². The third-order valence-electron chi connectivity index (χ3n) is 3.00. The van der Waals surface area contributed by atoms with Crippen molar-refractivity contribution in [2.75, 3.05) is 0 Å². The number of aryl methyl sites for hydroxylation is 1. The van der Waals surface area contributed by atoms with Gasteiger partial charge in [-0.25, -0.2) is 17.9 Å². The van der Waals surface area contributed by atoms with Crippen molar-refractivity contribution in [3.8, 4) is 0 Å². The molecule has 0 aliphatic carbocycles. The maximum Gasteiger partial charge on any atom is 0.371 e. The second kappa shape index (κ2) is 5.71. The Labute approximate surface area is 122 Å². The van der Waals surface area contributed by atoms with Gasteiger partial charge in [0.05, 0.1) is 0 Å². The van der Waals surface area contributed by atoms with Crippen LogP contribution in [0.2, 0.25) is 0 Å². The number of aromatic carboxylic acids is 1. The number of carboxylic acids is 1. The van der Waals surface area contributed by atoms with Gasteiger partial charge in [-0.05, 0) is 19.4 Å². The molecule has 1 atom stereocenters. The Hall–Kier alpha value is -2.12. The molecule has 0 saturated heterocycles. The summed E-state index contributed by atoms with van der Waals surface area (Å²) in [5, 5.41) is 8.84. The summed E-state index contributed by atoms with van der Waals surface area (Å²) in [6, 6.07) is 9.63. The van der Waals surface area contributed by atoms with Crippen molar-refractivity contribution in [1.29, 1.82) is 0 Å². The molecule has 1 unspecified atom stereocenters. The minimum Gasteiger partial charge on any atom is -0.475 e. The van der Waals surface area contributed by atoms with Crippen molar-refractivity contribution >= 4 is 16.0 Å². The molecule has 1 aromatic heterocycles. The lowest BCUT2D eigenvalue weighted by Crippen LogP contribution is -2.27. The van der Waals surface area contributed by atoms with Gasteiger partial charge in [-0.2, -0.15) is 0 Å². The number of rotatable bonds is 5. The number of carboxylic acid groups (broad SMARTS) is 1. The first-order valence-corrected chi connectivity index (χ1v) is 7.70. The highest BCUT2D eigenvalue weighted by Gasteiger charge is 2.25. The third kappa shape index (κ3) is 3.32. The average Bonchev–Trinajstić information content (AvgIpc) is 2.82. The molecule has 0 spiro atoms. The molecular weight excluding hydrogens is 294 g/mol. The van der Waals surface area contributed by atoms with Crippen molar-refractivity contribution in [3.63, 3.8) is 0 Å². The van der Waals surface area contributed by atoms with Crippen LogP contribution in [0.15, 0.2) is 45.7 Å². The van der Waals surface area contributed by atoms with Gasteiger partial charge in [0.2, 0.25) is 15.8 Å². The Morgan fingerprint density at radius 1 is 1.29 bits per heavy atom. The predicted molar refractivity (Wildman–Crippen MR) is 75.6 cm³/mol. The fourth-order valence-corrected chi connectivity index (χ4v) is 3.35. The van der Waals surface area contributed by atoms with Crippen LogP contribution in [0.25, 0.3) is 0 Å². The maximum atomic E-state index is 12.3. The summed E-state index contributed by atoms with van der Waals surface area (Å²) in [5.74, 6) is -1.67. The topological polar surface area (TPSA) is 96.6 Å².